The van der Waals surface area contributed by atoms with E-state index in [9.17, 15) is 8.42 Å². The van der Waals surface area contributed by atoms with Crippen LogP contribution >= 0.6 is 0 Å². The summed E-state index contributed by atoms with van der Waals surface area (Å²) in [7, 11) is -3.69. The van der Waals surface area contributed by atoms with Crippen LogP contribution in [0.25, 0.3) is 0 Å². The molecule has 1 atom stereocenters. The van der Waals surface area contributed by atoms with E-state index < -0.39 is 16.1 Å². The van der Waals surface area contributed by atoms with Crippen molar-refractivity contribution in [2.45, 2.75) is 23.8 Å². The van der Waals surface area contributed by atoms with Crippen molar-refractivity contribution in [3.05, 3.63) is 24.0 Å². The summed E-state index contributed by atoms with van der Waals surface area (Å²) in [6, 6.07) is 5.90. The summed E-state index contributed by atoms with van der Waals surface area (Å²) in [5, 5.41) is 17.5. The first-order chi connectivity index (χ1) is 8.59. The van der Waals surface area contributed by atoms with Crippen molar-refractivity contribution in [3.8, 4) is 12.1 Å². The number of hydrogen-bond acceptors (Lipinski definition) is 5. The van der Waals surface area contributed by atoms with Crippen LogP contribution in [0.1, 0.15) is 18.5 Å². The Hall–Kier alpha value is -1.96. The minimum absolute atomic E-state index is 0.0173. The van der Waals surface area contributed by atoms with Crippen molar-refractivity contribution < 1.29 is 8.42 Å². The van der Waals surface area contributed by atoms with Crippen molar-refractivity contribution >= 4 is 10.0 Å². The molecule has 1 unspecified atom stereocenters. The topological polar surface area (TPSA) is 97.9 Å². The molecule has 0 aliphatic carbocycles. The van der Waals surface area contributed by atoms with Gasteiger partial charge in [0.05, 0.1) is 6.07 Å². The number of aromatic nitrogens is 1. The van der Waals surface area contributed by atoms with Crippen LogP contribution in [-0.4, -0.2) is 30.3 Å². The van der Waals surface area contributed by atoms with Gasteiger partial charge in [-0.1, -0.05) is 0 Å². The van der Waals surface area contributed by atoms with Gasteiger partial charge in [0.25, 0.3) is 0 Å². The van der Waals surface area contributed by atoms with E-state index in [1.54, 1.807) is 0 Å². The van der Waals surface area contributed by atoms with Crippen molar-refractivity contribution in [2.75, 3.05) is 6.54 Å². The fourth-order valence-electron chi connectivity index (χ4n) is 1.89. The number of sulfonamides is 1. The molecule has 2 heterocycles. The highest BCUT2D eigenvalue weighted by Crippen LogP contribution is 2.25. The van der Waals surface area contributed by atoms with Gasteiger partial charge >= 0.3 is 0 Å². The van der Waals surface area contributed by atoms with Crippen LogP contribution < -0.4 is 0 Å². The first-order valence-electron chi connectivity index (χ1n) is 5.37. The van der Waals surface area contributed by atoms with Crippen LogP contribution in [0.5, 0.6) is 0 Å². The third-order valence-electron chi connectivity index (χ3n) is 2.81. The molecule has 1 aliphatic heterocycles. The average molecular weight is 262 g/mol. The fraction of sp³-hybridized carbons (Fsp3) is 0.364. The summed E-state index contributed by atoms with van der Waals surface area (Å²) in [5.74, 6) is 0. The van der Waals surface area contributed by atoms with Crippen LogP contribution in [-0.2, 0) is 10.0 Å². The summed E-state index contributed by atoms with van der Waals surface area (Å²) in [5.41, 5.74) is 0.159. The van der Waals surface area contributed by atoms with Crippen LogP contribution in [0.4, 0.5) is 0 Å². The molecule has 1 aliphatic rings. The van der Waals surface area contributed by atoms with Crippen molar-refractivity contribution in [2.24, 2.45) is 0 Å². The molecule has 0 bridgehead atoms. The van der Waals surface area contributed by atoms with Gasteiger partial charge in [0, 0.05) is 12.7 Å². The highest BCUT2D eigenvalue weighted by molar-refractivity contribution is 7.89. The lowest BCUT2D eigenvalue weighted by molar-refractivity contribution is 0.437. The van der Waals surface area contributed by atoms with E-state index >= 15 is 0 Å². The van der Waals surface area contributed by atoms with Gasteiger partial charge < -0.3 is 0 Å². The minimum Gasteiger partial charge on any atom is -0.244 e. The zero-order valence-corrected chi connectivity index (χ0v) is 10.3. The molecule has 7 heteroatoms. The molecule has 0 aromatic carbocycles. The number of nitriles is 2. The third-order valence-corrected chi connectivity index (χ3v) is 4.70. The molecule has 0 saturated carbocycles. The second kappa shape index (κ2) is 4.73. The van der Waals surface area contributed by atoms with Gasteiger partial charge in [-0.3, -0.25) is 0 Å². The summed E-state index contributed by atoms with van der Waals surface area (Å²) >= 11 is 0. The van der Waals surface area contributed by atoms with Gasteiger partial charge in [-0.25, -0.2) is 13.4 Å². The number of rotatable bonds is 2. The Kier molecular flexibility index (Phi) is 3.28. The van der Waals surface area contributed by atoms with Crippen molar-refractivity contribution in [1.29, 1.82) is 10.5 Å². The highest BCUT2D eigenvalue weighted by Gasteiger charge is 2.35. The van der Waals surface area contributed by atoms with E-state index in [-0.39, 0.29) is 10.6 Å². The predicted octanol–water partition coefficient (Wildman–Crippen LogP) is 0.630. The monoisotopic (exact) mass is 262 g/mol. The minimum atomic E-state index is -3.69. The molecule has 18 heavy (non-hydrogen) atoms. The molecule has 0 radical (unpaired) electrons. The third kappa shape index (κ3) is 2.06. The molecule has 1 saturated heterocycles. The molecule has 0 spiro atoms. The smallest absolute Gasteiger partial charge is 0.244 e. The Labute approximate surface area is 105 Å². The first kappa shape index (κ1) is 12.5. The summed E-state index contributed by atoms with van der Waals surface area (Å²) < 4.78 is 25.7. The zero-order chi connectivity index (χ0) is 13.2. The van der Waals surface area contributed by atoms with Crippen molar-refractivity contribution in [3.63, 3.8) is 0 Å². The first-order valence-corrected chi connectivity index (χ1v) is 6.81. The molecule has 0 amide bonds. The maximum atomic E-state index is 12.3. The second-order valence-corrected chi connectivity index (χ2v) is 5.78. The van der Waals surface area contributed by atoms with Crippen LogP contribution in [0.2, 0.25) is 0 Å². The summed E-state index contributed by atoms with van der Waals surface area (Å²) in [6.45, 7) is 0.348. The Morgan fingerprint density at radius 3 is 2.72 bits per heavy atom. The molecule has 2 rings (SSSR count). The van der Waals surface area contributed by atoms with Crippen LogP contribution in [0, 0.1) is 22.7 Å². The quantitative estimate of drug-likeness (QED) is 0.778. The molecular formula is C11H10N4O2S. The lowest BCUT2D eigenvalue weighted by atomic mass is 10.2. The summed E-state index contributed by atoms with van der Waals surface area (Å²) in [4.78, 5) is 3.75. The van der Waals surface area contributed by atoms with Gasteiger partial charge in [0.15, 0.2) is 0 Å². The van der Waals surface area contributed by atoms with E-state index in [0.717, 1.165) is 6.20 Å². The molecular weight excluding hydrogens is 252 g/mol. The van der Waals surface area contributed by atoms with E-state index in [0.29, 0.717) is 19.4 Å². The Morgan fingerprint density at radius 1 is 1.39 bits per heavy atom. The second-order valence-electron chi connectivity index (χ2n) is 3.89. The van der Waals surface area contributed by atoms with Gasteiger partial charge in [-0.15, -0.1) is 0 Å². The Balaban J connectivity index is 2.37. The number of hydrogen-bond donors (Lipinski definition) is 0. The van der Waals surface area contributed by atoms with Crippen molar-refractivity contribution in [1.82, 2.24) is 9.29 Å². The van der Waals surface area contributed by atoms with E-state index in [4.69, 9.17) is 10.5 Å². The van der Waals surface area contributed by atoms with Gasteiger partial charge in [-0.05, 0) is 25.0 Å². The lowest BCUT2D eigenvalue weighted by Gasteiger charge is -2.18. The maximum absolute atomic E-state index is 12.3. The van der Waals surface area contributed by atoms with Gasteiger partial charge in [0.1, 0.15) is 22.7 Å². The normalized spacial score (nSPS) is 20.2. The SMILES string of the molecule is N#Cc1ccc(S(=O)(=O)N2CCCC2C#N)cn1. The van der Waals surface area contributed by atoms with E-state index in [1.165, 1.54) is 16.4 Å². The highest BCUT2D eigenvalue weighted by atomic mass is 32.2. The van der Waals surface area contributed by atoms with Crippen LogP contribution in [0.3, 0.4) is 0 Å². The molecule has 0 N–H and O–H groups in total. The molecule has 1 fully saturated rings. The number of pyridine rings is 1. The summed E-state index contributed by atoms with van der Waals surface area (Å²) in [6.07, 6.45) is 2.39. The molecule has 6 nitrogen and oxygen atoms in total. The maximum Gasteiger partial charge on any atom is 0.245 e. The lowest BCUT2D eigenvalue weighted by Crippen LogP contribution is -2.34. The van der Waals surface area contributed by atoms with E-state index in [2.05, 4.69) is 4.98 Å². The Bertz CT molecular complexity index is 624. The number of nitrogens with zero attached hydrogens (tertiary/aromatic N) is 4. The molecule has 1 aromatic heterocycles. The fourth-order valence-corrected chi connectivity index (χ4v) is 3.45. The van der Waals surface area contributed by atoms with E-state index in [1.807, 2.05) is 12.1 Å². The standard InChI is InChI=1S/C11H10N4O2S/c12-6-9-3-4-11(8-14-9)18(16,17)15-5-1-2-10(15)7-13/h3-4,8,10H,1-2,5H2. The molecule has 1 aromatic rings. The zero-order valence-electron chi connectivity index (χ0n) is 9.44. The van der Waals surface area contributed by atoms with Crippen LogP contribution in [0.15, 0.2) is 23.2 Å². The predicted molar refractivity (Wildman–Crippen MR) is 61.5 cm³/mol. The van der Waals surface area contributed by atoms with Gasteiger partial charge in [-0.2, -0.15) is 14.8 Å². The average Bonchev–Trinajstić information content (AvgIpc) is 2.88. The largest absolute Gasteiger partial charge is 0.245 e. The Morgan fingerprint density at radius 2 is 2.17 bits per heavy atom. The molecule has 92 valence electrons. The van der Waals surface area contributed by atoms with Gasteiger partial charge in [0.2, 0.25) is 10.0 Å².